The minimum Gasteiger partial charge on any atom is -0.296 e. The van der Waals surface area contributed by atoms with Crippen molar-refractivity contribution in [2.45, 2.75) is 56.1 Å². The summed E-state index contributed by atoms with van der Waals surface area (Å²) in [6.07, 6.45) is -9.07. The second kappa shape index (κ2) is 9.61. The van der Waals surface area contributed by atoms with E-state index >= 15 is 0 Å². The summed E-state index contributed by atoms with van der Waals surface area (Å²) in [6.45, 7) is 2.59. The number of piperidine rings is 1. The van der Waals surface area contributed by atoms with E-state index in [2.05, 4.69) is 4.98 Å². The fraction of sp³-hybridized carbons (Fsp3) is 0.455. The second-order valence-corrected chi connectivity index (χ2v) is 11.3. The van der Waals surface area contributed by atoms with E-state index in [1.54, 1.807) is 0 Å². The zero-order chi connectivity index (χ0) is 25.7. The minimum atomic E-state index is -4.73. The van der Waals surface area contributed by atoms with E-state index in [0.717, 1.165) is 23.1 Å². The Morgan fingerprint density at radius 1 is 1.03 bits per heavy atom. The molecule has 1 aliphatic rings. The zero-order valence-corrected chi connectivity index (χ0v) is 19.4. The largest absolute Gasteiger partial charge is 0.417 e. The second-order valence-electron chi connectivity index (χ2n) is 8.39. The molecule has 13 heteroatoms. The molecule has 0 unspecified atom stereocenters. The summed E-state index contributed by atoms with van der Waals surface area (Å²) in [5, 5.41) is -0.391. The molecule has 3 rings (SSSR count). The number of hydrogen-bond donors (Lipinski definition) is 0. The van der Waals surface area contributed by atoms with E-state index in [1.165, 1.54) is 13.8 Å². The molecule has 1 atom stereocenters. The molecule has 0 spiro atoms. The lowest BCUT2D eigenvalue weighted by molar-refractivity contribution is -0.138. The number of aromatic nitrogens is 1. The van der Waals surface area contributed by atoms with Gasteiger partial charge in [0.1, 0.15) is 0 Å². The molecule has 2 aromatic rings. The van der Waals surface area contributed by atoms with Crippen LogP contribution in [0.3, 0.4) is 0 Å². The Hall–Kier alpha value is -2.34. The Morgan fingerprint density at radius 3 is 2.14 bits per heavy atom. The van der Waals surface area contributed by atoms with Crippen molar-refractivity contribution in [3.8, 4) is 0 Å². The van der Waals surface area contributed by atoms with Gasteiger partial charge in [0.05, 0.1) is 25.8 Å². The first-order valence-corrected chi connectivity index (χ1v) is 11.8. The Labute approximate surface area is 204 Å². The van der Waals surface area contributed by atoms with E-state index < -0.39 is 59.8 Å². The first kappa shape index (κ1) is 28.9. The molecular formula is C22H23ClF6N2O3S. The molecule has 1 aromatic heterocycles. The summed E-state index contributed by atoms with van der Waals surface area (Å²) in [6, 6.07) is 4.02. The third-order valence-corrected chi connectivity index (χ3v) is 8.85. The van der Waals surface area contributed by atoms with E-state index in [4.69, 9.17) is 11.6 Å². The predicted octanol–water partition coefficient (Wildman–Crippen LogP) is 6.40. The van der Waals surface area contributed by atoms with Gasteiger partial charge in [0.2, 0.25) is 5.91 Å². The zero-order valence-electron chi connectivity index (χ0n) is 17.8. The number of benzene rings is 1. The fourth-order valence-electron chi connectivity index (χ4n) is 3.80. The van der Waals surface area contributed by atoms with Crippen molar-refractivity contribution in [3.63, 3.8) is 0 Å². The van der Waals surface area contributed by atoms with Crippen molar-refractivity contribution < 1.29 is 39.6 Å². The van der Waals surface area contributed by atoms with Crippen LogP contribution in [-0.2, 0) is 27.0 Å². The van der Waals surface area contributed by atoms with Crippen LogP contribution in [0.4, 0.5) is 32.2 Å². The van der Waals surface area contributed by atoms with E-state index in [9.17, 15) is 39.6 Å². The maximum Gasteiger partial charge on any atom is 0.417 e. The molecule has 35 heavy (non-hydrogen) atoms. The van der Waals surface area contributed by atoms with Crippen LogP contribution in [0.2, 0.25) is 5.02 Å². The number of halogens is 7. The Balaban J connectivity index is 0.00000432. The van der Waals surface area contributed by atoms with Gasteiger partial charge in [0.25, 0.3) is 0 Å². The van der Waals surface area contributed by atoms with Crippen LogP contribution in [0.15, 0.2) is 41.4 Å². The van der Waals surface area contributed by atoms with Gasteiger partial charge in [-0.1, -0.05) is 25.1 Å². The van der Waals surface area contributed by atoms with Gasteiger partial charge in [-0.2, -0.15) is 26.3 Å². The summed E-state index contributed by atoms with van der Waals surface area (Å²) in [7, 11) is -4.29. The van der Waals surface area contributed by atoms with Crippen LogP contribution in [0.5, 0.6) is 0 Å². The lowest BCUT2D eigenvalue weighted by atomic mass is 9.85. The number of sulfone groups is 1. The maximum atomic E-state index is 13.2. The highest BCUT2D eigenvalue weighted by molar-refractivity contribution is 7.92. The Kier molecular flexibility index (Phi) is 7.93. The van der Waals surface area contributed by atoms with Crippen LogP contribution in [0.25, 0.3) is 0 Å². The van der Waals surface area contributed by atoms with Crippen molar-refractivity contribution in [1.29, 1.82) is 0 Å². The number of alkyl halides is 6. The molecule has 0 saturated carbocycles. The molecule has 1 fully saturated rings. The van der Waals surface area contributed by atoms with Gasteiger partial charge >= 0.3 is 12.4 Å². The Bertz CT molecular complexity index is 1210. The number of rotatable bonds is 4. The smallest absolute Gasteiger partial charge is 0.296 e. The average molecular weight is 545 g/mol. The number of pyridine rings is 1. The van der Waals surface area contributed by atoms with Gasteiger partial charge < -0.3 is 0 Å². The standard InChI is InChI=1S/C21H19ClF6N2O3S.CH4/c1-19(2,34(32,33)15-5-3-4-13(8-15)20(23,24)25)12-6-7-30(17(31)10-12)18-16(22)9-14(11-29-18)21(26,27)28;/h3-5,8-9,11-12H,6-7,10H2,1-2H3;1H4/t12-;/m1./s1. The third-order valence-electron chi connectivity index (χ3n) is 5.98. The van der Waals surface area contributed by atoms with Gasteiger partial charge in [-0.05, 0) is 50.5 Å². The highest BCUT2D eigenvalue weighted by Crippen LogP contribution is 2.41. The number of nitrogens with zero attached hydrogens (tertiary/aromatic N) is 2. The quantitative estimate of drug-likeness (QED) is 0.418. The number of anilines is 1. The van der Waals surface area contributed by atoms with Crippen molar-refractivity contribution in [1.82, 2.24) is 4.98 Å². The van der Waals surface area contributed by atoms with Crippen LogP contribution >= 0.6 is 11.6 Å². The number of carbonyl (C=O) groups excluding carboxylic acids is 1. The Morgan fingerprint density at radius 2 is 1.63 bits per heavy atom. The number of carbonyl (C=O) groups is 1. The van der Waals surface area contributed by atoms with E-state index in [0.29, 0.717) is 18.3 Å². The van der Waals surface area contributed by atoms with Crippen LogP contribution in [0, 0.1) is 5.92 Å². The minimum absolute atomic E-state index is 0. The van der Waals surface area contributed by atoms with Crippen LogP contribution < -0.4 is 4.90 Å². The highest BCUT2D eigenvalue weighted by Gasteiger charge is 2.47. The van der Waals surface area contributed by atoms with Gasteiger partial charge in [-0.3, -0.25) is 9.69 Å². The molecular weight excluding hydrogens is 522 g/mol. The summed E-state index contributed by atoms with van der Waals surface area (Å²) in [4.78, 5) is 17.0. The van der Waals surface area contributed by atoms with Crippen molar-refractivity contribution in [2.75, 3.05) is 11.4 Å². The average Bonchev–Trinajstić information content (AvgIpc) is 2.72. The summed E-state index contributed by atoms with van der Waals surface area (Å²) in [5.41, 5.74) is -2.20. The number of amides is 1. The maximum absolute atomic E-state index is 13.2. The lowest BCUT2D eigenvalue weighted by Gasteiger charge is -2.39. The van der Waals surface area contributed by atoms with Gasteiger partial charge in [-0.25, -0.2) is 13.4 Å². The molecule has 5 nitrogen and oxygen atoms in total. The van der Waals surface area contributed by atoms with Gasteiger partial charge in [0, 0.05) is 19.2 Å². The van der Waals surface area contributed by atoms with E-state index in [-0.39, 0.29) is 32.6 Å². The molecule has 2 heterocycles. The SMILES string of the molecule is C.CC(C)([C@@H]1CCN(c2ncc(C(F)(F)F)cc2Cl)C(=O)C1)S(=O)(=O)c1cccc(C(F)(F)F)c1. The van der Waals surface area contributed by atoms with Crippen molar-refractivity contribution in [2.24, 2.45) is 5.92 Å². The molecule has 0 N–H and O–H groups in total. The van der Waals surface area contributed by atoms with Crippen molar-refractivity contribution >= 4 is 33.2 Å². The fourth-order valence-corrected chi connectivity index (χ4v) is 5.85. The first-order chi connectivity index (χ1) is 15.5. The van der Waals surface area contributed by atoms with Gasteiger partial charge in [-0.15, -0.1) is 0 Å². The predicted molar refractivity (Wildman–Crippen MR) is 119 cm³/mol. The summed E-state index contributed by atoms with van der Waals surface area (Å²) >= 11 is 5.92. The molecule has 0 aliphatic carbocycles. The van der Waals surface area contributed by atoms with Crippen molar-refractivity contribution in [3.05, 3.63) is 52.7 Å². The third kappa shape index (κ3) is 5.58. The molecule has 1 amide bonds. The first-order valence-electron chi connectivity index (χ1n) is 9.91. The highest BCUT2D eigenvalue weighted by atomic mass is 35.5. The topological polar surface area (TPSA) is 67.3 Å². The normalized spacial score (nSPS) is 17.8. The lowest BCUT2D eigenvalue weighted by Crippen LogP contribution is -2.49. The van der Waals surface area contributed by atoms with Crippen LogP contribution in [0.1, 0.15) is 45.2 Å². The molecule has 0 radical (unpaired) electrons. The molecule has 1 saturated heterocycles. The molecule has 1 aliphatic heterocycles. The van der Waals surface area contributed by atoms with Crippen LogP contribution in [-0.4, -0.2) is 30.6 Å². The summed E-state index contributed by atoms with van der Waals surface area (Å²) < 4.78 is 103. The van der Waals surface area contributed by atoms with Gasteiger partial charge in [0.15, 0.2) is 15.7 Å². The number of hydrogen-bond acceptors (Lipinski definition) is 4. The monoisotopic (exact) mass is 544 g/mol. The van der Waals surface area contributed by atoms with E-state index in [1.807, 2.05) is 0 Å². The molecule has 194 valence electrons. The molecule has 0 bridgehead atoms. The molecule has 1 aromatic carbocycles. The summed E-state index contributed by atoms with van der Waals surface area (Å²) in [5.74, 6) is -1.57.